The van der Waals surface area contributed by atoms with Crippen molar-refractivity contribution in [2.24, 2.45) is 0 Å². The van der Waals surface area contributed by atoms with E-state index in [4.69, 9.17) is 28.4 Å². The highest BCUT2D eigenvalue weighted by Gasteiger charge is 2.24. The van der Waals surface area contributed by atoms with Gasteiger partial charge in [0, 0.05) is 19.6 Å². The number of rotatable bonds is 14. The summed E-state index contributed by atoms with van der Waals surface area (Å²) in [6, 6.07) is 0. The highest BCUT2D eigenvalue weighted by molar-refractivity contribution is 5.69. The molecular weight excluding hydrogens is 322 g/mol. The maximum atomic E-state index is 11.3. The van der Waals surface area contributed by atoms with Crippen molar-refractivity contribution in [1.82, 2.24) is 5.32 Å². The highest BCUT2D eigenvalue weighted by atomic mass is 16.6. The van der Waals surface area contributed by atoms with Crippen molar-refractivity contribution in [3.05, 3.63) is 0 Å². The zero-order chi connectivity index (χ0) is 17.0. The van der Waals surface area contributed by atoms with Gasteiger partial charge in [-0.25, -0.2) is 4.79 Å². The Morgan fingerprint density at radius 3 is 2.21 bits per heavy atom. The first kappa shape index (κ1) is 18.9. The quantitative estimate of drug-likeness (QED) is 0.263. The van der Waals surface area contributed by atoms with Gasteiger partial charge in [-0.2, -0.15) is 0 Å². The van der Waals surface area contributed by atoms with Gasteiger partial charge in [0.15, 0.2) is 0 Å². The summed E-state index contributed by atoms with van der Waals surface area (Å²) in [5, 5.41) is 2.57. The van der Waals surface area contributed by atoms with Gasteiger partial charge in [-0.15, -0.1) is 0 Å². The number of carbonyl (C=O) groups is 2. The minimum atomic E-state index is -0.467. The lowest BCUT2D eigenvalue weighted by atomic mass is 10.3. The van der Waals surface area contributed by atoms with Crippen LogP contribution in [0.1, 0.15) is 12.8 Å². The molecule has 2 atom stereocenters. The summed E-state index contributed by atoms with van der Waals surface area (Å²) >= 11 is 0. The Kier molecular flexibility index (Phi) is 8.82. The van der Waals surface area contributed by atoms with Gasteiger partial charge in [0.2, 0.25) is 0 Å². The molecule has 2 unspecified atom stereocenters. The number of epoxide rings is 2. The van der Waals surface area contributed by atoms with Crippen molar-refractivity contribution >= 4 is 12.1 Å². The summed E-state index contributed by atoms with van der Waals surface area (Å²) in [4.78, 5) is 22.5. The molecule has 2 aliphatic rings. The van der Waals surface area contributed by atoms with Gasteiger partial charge in [0.25, 0.3) is 0 Å². The van der Waals surface area contributed by atoms with Crippen molar-refractivity contribution in [2.45, 2.75) is 25.0 Å². The number of nitrogens with one attached hydrogen (secondary N) is 1. The zero-order valence-corrected chi connectivity index (χ0v) is 13.7. The zero-order valence-electron chi connectivity index (χ0n) is 13.7. The number of carbonyl (C=O) groups excluding carboxylic acids is 2. The van der Waals surface area contributed by atoms with E-state index < -0.39 is 6.09 Å². The summed E-state index contributed by atoms with van der Waals surface area (Å²) in [7, 11) is 0. The van der Waals surface area contributed by atoms with E-state index in [0.29, 0.717) is 72.2 Å². The third kappa shape index (κ3) is 10.4. The summed E-state index contributed by atoms with van der Waals surface area (Å²) in [6.07, 6.45) is 0.656. The van der Waals surface area contributed by atoms with Crippen LogP contribution in [0.15, 0.2) is 0 Å². The van der Waals surface area contributed by atoms with Crippen LogP contribution in [-0.4, -0.2) is 83.7 Å². The van der Waals surface area contributed by atoms with Gasteiger partial charge in [0.1, 0.15) is 25.4 Å². The van der Waals surface area contributed by atoms with Gasteiger partial charge in [-0.3, -0.25) is 4.79 Å². The van der Waals surface area contributed by atoms with E-state index in [1.165, 1.54) is 0 Å². The van der Waals surface area contributed by atoms with Gasteiger partial charge in [-0.05, 0) is 6.42 Å². The molecule has 138 valence electrons. The Balaban J connectivity index is 1.25. The second kappa shape index (κ2) is 11.2. The average molecular weight is 347 g/mol. The molecule has 2 saturated heterocycles. The molecule has 9 nitrogen and oxygen atoms in total. The molecule has 1 N–H and O–H groups in total. The maximum Gasteiger partial charge on any atom is 0.407 e. The van der Waals surface area contributed by atoms with E-state index in [2.05, 4.69) is 5.32 Å². The van der Waals surface area contributed by atoms with Crippen molar-refractivity contribution in [3.63, 3.8) is 0 Å². The van der Waals surface area contributed by atoms with E-state index in [-0.39, 0.29) is 18.2 Å². The normalized spacial score (nSPS) is 21.2. The van der Waals surface area contributed by atoms with Gasteiger partial charge >= 0.3 is 12.1 Å². The van der Waals surface area contributed by atoms with Crippen LogP contribution >= 0.6 is 0 Å². The molecule has 0 bridgehead atoms. The van der Waals surface area contributed by atoms with Crippen LogP contribution in [0.5, 0.6) is 0 Å². The first-order valence-corrected chi connectivity index (χ1v) is 8.19. The van der Waals surface area contributed by atoms with Crippen LogP contribution in [0.3, 0.4) is 0 Å². The minimum absolute atomic E-state index is 0.0678. The van der Waals surface area contributed by atoms with Crippen molar-refractivity contribution in [2.75, 3.05) is 59.4 Å². The molecule has 0 radical (unpaired) electrons. The van der Waals surface area contributed by atoms with Crippen LogP contribution in [0.2, 0.25) is 0 Å². The van der Waals surface area contributed by atoms with Gasteiger partial charge in [0.05, 0.1) is 33.0 Å². The smallest absolute Gasteiger partial charge is 0.407 e. The Morgan fingerprint density at radius 2 is 1.54 bits per heavy atom. The van der Waals surface area contributed by atoms with Crippen molar-refractivity contribution in [1.29, 1.82) is 0 Å². The molecule has 0 spiro atoms. The largest absolute Gasteiger partial charge is 0.463 e. The Bertz CT molecular complexity index is 348. The fraction of sp³-hybridized carbons (Fsp3) is 0.867. The van der Waals surface area contributed by atoms with Crippen molar-refractivity contribution in [3.8, 4) is 0 Å². The van der Waals surface area contributed by atoms with Crippen LogP contribution in [-0.2, 0) is 33.2 Å². The SMILES string of the molecule is O=C(CCCOCCOCCNC(=O)OCC1CO1)OCC1CO1. The first-order valence-electron chi connectivity index (χ1n) is 8.19. The fourth-order valence-electron chi connectivity index (χ4n) is 1.67. The predicted octanol–water partition coefficient (Wildman–Crippen LogP) is -0.133. The Hall–Kier alpha value is -1.42. The van der Waals surface area contributed by atoms with E-state index >= 15 is 0 Å². The van der Waals surface area contributed by atoms with E-state index in [9.17, 15) is 9.59 Å². The third-order valence-corrected chi connectivity index (χ3v) is 3.19. The van der Waals surface area contributed by atoms with E-state index in [1.54, 1.807) is 0 Å². The molecular formula is C15H25NO8. The highest BCUT2D eigenvalue weighted by Crippen LogP contribution is 2.09. The maximum absolute atomic E-state index is 11.3. The molecule has 0 aliphatic carbocycles. The summed E-state index contributed by atoms with van der Waals surface area (Å²) < 4.78 is 30.4. The lowest BCUT2D eigenvalue weighted by Gasteiger charge is -2.07. The van der Waals surface area contributed by atoms with Crippen LogP contribution in [0.25, 0.3) is 0 Å². The second-order valence-corrected chi connectivity index (χ2v) is 5.45. The Labute approximate surface area is 140 Å². The molecule has 2 aliphatic heterocycles. The molecule has 9 heteroatoms. The average Bonchev–Trinajstić information content (AvgIpc) is 3.47. The number of esters is 1. The number of hydrogen-bond donors (Lipinski definition) is 1. The van der Waals surface area contributed by atoms with Crippen LogP contribution in [0.4, 0.5) is 4.79 Å². The summed E-state index contributed by atoms with van der Waals surface area (Å²) in [5.74, 6) is -0.225. The standard InChI is InChI=1S/C15H25NO8/c17-14(23-10-12-8-21-12)2-1-4-19-6-7-20-5-3-16-15(18)24-11-13-9-22-13/h12-13H,1-11H2,(H,16,18). The number of ether oxygens (including phenoxy) is 6. The molecule has 1 amide bonds. The van der Waals surface area contributed by atoms with Crippen molar-refractivity contribution < 1.29 is 38.0 Å². The van der Waals surface area contributed by atoms with E-state index in [0.717, 1.165) is 0 Å². The molecule has 2 rings (SSSR count). The van der Waals surface area contributed by atoms with Gasteiger partial charge in [-0.1, -0.05) is 0 Å². The first-order chi connectivity index (χ1) is 11.7. The summed E-state index contributed by atoms with van der Waals surface area (Å²) in [5.41, 5.74) is 0. The lowest BCUT2D eigenvalue weighted by Crippen LogP contribution is -2.29. The fourth-order valence-corrected chi connectivity index (χ4v) is 1.67. The minimum Gasteiger partial charge on any atom is -0.463 e. The Morgan fingerprint density at radius 1 is 0.917 bits per heavy atom. The number of amides is 1. The predicted molar refractivity (Wildman–Crippen MR) is 80.7 cm³/mol. The monoisotopic (exact) mass is 347 g/mol. The summed E-state index contributed by atoms with van der Waals surface area (Å²) in [6.45, 7) is 4.09. The van der Waals surface area contributed by atoms with Crippen LogP contribution in [0, 0.1) is 0 Å². The lowest BCUT2D eigenvalue weighted by molar-refractivity contribution is -0.144. The second-order valence-electron chi connectivity index (χ2n) is 5.45. The van der Waals surface area contributed by atoms with E-state index in [1.807, 2.05) is 0 Å². The molecule has 2 fully saturated rings. The number of alkyl carbamates (subject to hydrolysis) is 1. The molecule has 0 aromatic carbocycles. The topological polar surface area (TPSA) is 108 Å². The molecule has 0 aromatic rings. The molecule has 0 aromatic heterocycles. The molecule has 24 heavy (non-hydrogen) atoms. The molecule has 0 saturated carbocycles. The third-order valence-electron chi connectivity index (χ3n) is 3.19. The number of hydrogen-bond acceptors (Lipinski definition) is 8. The van der Waals surface area contributed by atoms with Crippen LogP contribution < -0.4 is 5.32 Å². The van der Waals surface area contributed by atoms with Gasteiger partial charge < -0.3 is 33.7 Å². The molecule has 2 heterocycles.